The molecule has 1 aliphatic rings. The molecule has 1 aromatic heterocycles. The number of rotatable bonds is 2. The van der Waals surface area contributed by atoms with Crippen molar-refractivity contribution in [3.63, 3.8) is 0 Å². The van der Waals surface area contributed by atoms with Crippen molar-refractivity contribution in [1.29, 1.82) is 0 Å². The minimum atomic E-state index is -1.14. The second-order valence-corrected chi connectivity index (χ2v) is 5.43. The summed E-state index contributed by atoms with van der Waals surface area (Å²) in [4.78, 5) is 14.8. The number of H-pyrrole nitrogens is 1. The van der Waals surface area contributed by atoms with Crippen LogP contribution in [0.5, 0.6) is 0 Å². The number of nitrogens with two attached hydrogens (primary N) is 1. The number of benzene rings is 1. The first kappa shape index (κ1) is 12.2. The molecule has 1 heterocycles. The van der Waals surface area contributed by atoms with Gasteiger partial charge in [-0.25, -0.2) is 0 Å². The lowest BCUT2D eigenvalue weighted by atomic mass is 9.70. The fourth-order valence-corrected chi connectivity index (χ4v) is 3.27. The molecule has 1 saturated carbocycles. The SMILES string of the molecule is N[C@@]1(C(=O)O)CCCC[C@H]1c1c[nH]c2ccccc12. The van der Waals surface area contributed by atoms with E-state index in [0.29, 0.717) is 6.42 Å². The maximum Gasteiger partial charge on any atom is 0.324 e. The Morgan fingerprint density at radius 3 is 2.95 bits per heavy atom. The summed E-state index contributed by atoms with van der Waals surface area (Å²) in [5.74, 6) is -1.00. The van der Waals surface area contributed by atoms with Gasteiger partial charge < -0.3 is 15.8 Å². The highest BCUT2D eigenvalue weighted by molar-refractivity contribution is 5.87. The van der Waals surface area contributed by atoms with Crippen LogP contribution in [0, 0.1) is 0 Å². The molecule has 100 valence electrons. The molecule has 4 nitrogen and oxygen atoms in total. The molecule has 2 atom stereocenters. The maximum atomic E-state index is 11.6. The summed E-state index contributed by atoms with van der Waals surface area (Å²) in [5.41, 5.74) is 7.16. The number of aromatic amines is 1. The second-order valence-electron chi connectivity index (χ2n) is 5.43. The Balaban J connectivity index is 2.11. The number of carboxylic acid groups (broad SMARTS) is 1. The first-order valence-electron chi connectivity index (χ1n) is 6.71. The van der Waals surface area contributed by atoms with Crippen molar-refractivity contribution in [2.75, 3.05) is 0 Å². The van der Waals surface area contributed by atoms with Crippen molar-refractivity contribution in [3.8, 4) is 0 Å². The van der Waals surface area contributed by atoms with E-state index in [1.54, 1.807) is 0 Å². The van der Waals surface area contributed by atoms with E-state index in [2.05, 4.69) is 4.98 Å². The van der Waals surface area contributed by atoms with Crippen LogP contribution in [0.25, 0.3) is 10.9 Å². The predicted octanol–water partition coefficient (Wildman–Crippen LogP) is 2.61. The van der Waals surface area contributed by atoms with Gasteiger partial charge in [-0.3, -0.25) is 4.79 Å². The van der Waals surface area contributed by atoms with E-state index in [0.717, 1.165) is 35.7 Å². The summed E-state index contributed by atoms with van der Waals surface area (Å²) in [6.07, 6.45) is 5.24. The minimum absolute atomic E-state index is 0.116. The number of hydrogen-bond donors (Lipinski definition) is 3. The van der Waals surface area contributed by atoms with Crippen molar-refractivity contribution in [2.24, 2.45) is 5.73 Å². The Labute approximate surface area is 111 Å². The Morgan fingerprint density at radius 1 is 1.37 bits per heavy atom. The number of nitrogens with one attached hydrogen (secondary N) is 1. The first-order chi connectivity index (χ1) is 9.13. The second kappa shape index (κ2) is 4.38. The van der Waals surface area contributed by atoms with Crippen LogP contribution in [0.1, 0.15) is 37.2 Å². The third-order valence-corrected chi connectivity index (χ3v) is 4.35. The van der Waals surface area contributed by atoms with Crippen LogP contribution in [-0.4, -0.2) is 21.6 Å². The molecule has 0 amide bonds. The summed E-state index contributed by atoms with van der Waals surface area (Å²) < 4.78 is 0. The standard InChI is InChI=1S/C15H18N2O2/c16-15(14(18)19)8-4-3-6-12(15)11-9-17-13-7-2-1-5-10(11)13/h1-2,5,7,9,12,17H,3-4,6,8,16H2,(H,18,19)/t12-,15-/m0/s1. The largest absolute Gasteiger partial charge is 0.480 e. The predicted molar refractivity (Wildman–Crippen MR) is 74.1 cm³/mol. The summed E-state index contributed by atoms with van der Waals surface area (Å²) in [6, 6.07) is 7.97. The monoisotopic (exact) mass is 258 g/mol. The molecule has 0 saturated heterocycles. The summed E-state index contributed by atoms with van der Waals surface area (Å²) in [6.45, 7) is 0. The molecule has 3 rings (SSSR count). The van der Waals surface area contributed by atoms with Gasteiger partial charge in [0.1, 0.15) is 5.54 Å². The Hall–Kier alpha value is -1.81. The smallest absolute Gasteiger partial charge is 0.324 e. The Kier molecular flexibility index (Phi) is 2.82. The molecular weight excluding hydrogens is 240 g/mol. The van der Waals surface area contributed by atoms with Gasteiger partial charge >= 0.3 is 5.97 Å². The number of aromatic nitrogens is 1. The van der Waals surface area contributed by atoms with Gasteiger partial charge in [0.15, 0.2) is 0 Å². The van der Waals surface area contributed by atoms with Gasteiger partial charge in [0.2, 0.25) is 0 Å². The zero-order chi connectivity index (χ0) is 13.5. The average Bonchev–Trinajstić information content (AvgIpc) is 2.83. The zero-order valence-electron chi connectivity index (χ0n) is 10.7. The first-order valence-corrected chi connectivity index (χ1v) is 6.71. The van der Waals surface area contributed by atoms with E-state index in [4.69, 9.17) is 5.73 Å². The average molecular weight is 258 g/mol. The molecule has 0 spiro atoms. The lowest BCUT2D eigenvalue weighted by Gasteiger charge is -2.37. The molecule has 4 N–H and O–H groups in total. The third kappa shape index (κ3) is 1.83. The van der Waals surface area contributed by atoms with Crippen LogP contribution in [-0.2, 0) is 4.79 Å². The minimum Gasteiger partial charge on any atom is -0.480 e. The van der Waals surface area contributed by atoms with Crippen LogP contribution < -0.4 is 5.73 Å². The van der Waals surface area contributed by atoms with Crippen molar-refractivity contribution in [1.82, 2.24) is 4.98 Å². The molecule has 0 aliphatic heterocycles. The zero-order valence-corrected chi connectivity index (χ0v) is 10.7. The van der Waals surface area contributed by atoms with E-state index >= 15 is 0 Å². The van der Waals surface area contributed by atoms with Crippen molar-refractivity contribution in [3.05, 3.63) is 36.0 Å². The number of para-hydroxylation sites is 1. The lowest BCUT2D eigenvalue weighted by molar-refractivity contribution is -0.145. The maximum absolute atomic E-state index is 11.6. The summed E-state index contributed by atoms with van der Waals surface area (Å²) in [5, 5.41) is 10.6. The topological polar surface area (TPSA) is 79.1 Å². The highest BCUT2D eigenvalue weighted by atomic mass is 16.4. The normalized spacial score (nSPS) is 27.5. The Bertz CT molecular complexity index is 619. The van der Waals surface area contributed by atoms with Gasteiger partial charge in [0, 0.05) is 23.0 Å². The van der Waals surface area contributed by atoms with E-state index in [9.17, 15) is 9.90 Å². The van der Waals surface area contributed by atoms with Gasteiger partial charge in [-0.05, 0) is 24.5 Å². The fourth-order valence-electron chi connectivity index (χ4n) is 3.27. The Morgan fingerprint density at radius 2 is 2.16 bits per heavy atom. The van der Waals surface area contributed by atoms with Crippen molar-refractivity contribution in [2.45, 2.75) is 37.1 Å². The molecule has 2 aromatic rings. The molecule has 0 bridgehead atoms. The number of carboxylic acids is 1. The molecule has 19 heavy (non-hydrogen) atoms. The molecule has 1 fully saturated rings. The van der Waals surface area contributed by atoms with Crippen LogP contribution >= 0.6 is 0 Å². The lowest BCUT2D eigenvalue weighted by Crippen LogP contribution is -2.54. The van der Waals surface area contributed by atoms with Gasteiger partial charge in [-0.15, -0.1) is 0 Å². The van der Waals surface area contributed by atoms with Gasteiger partial charge in [0.05, 0.1) is 0 Å². The van der Waals surface area contributed by atoms with Crippen LogP contribution in [0.4, 0.5) is 0 Å². The number of carbonyl (C=O) groups is 1. The van der Waals surface area contributed by atoms with Crippen molar-refractivity contribution >= 4 is 16.9 Å². The van der Waals surface area contributed by atoms with Crippen LogP contribution in [0.3, 0.4) is 0 Å². The highest BCUT2D eigenvalue weighted by Gasteiger charge is 2.45. The number of hydrogen-bond acceptors (Lipinski definition) is 2. The molecule has 0 unspecified atom stereocenters. The van der Waals surface area contributed by atoms with Crippen LogP contribution in [0.15, 0.2) is 30.5 Å². The summed E-state index contributed by atoms with van der Waals surface area (Å²) in [7, 11) is 0. The molecule has 1 aromatic carbocycles. The van der Waals surface area contributed by atoms with Crippen molar-refractivity contribution < 1.29 is 9.90 Å². The number of aliphatic carboxylic acids is 1. The van der Waals surface area contributed by atoms with E-state index < -0.39 is 11.5 Å². The van der Waals surface area contributed by atoms with Gasteiger partial charge in [-0.2, -0.15) is 0 Å². The summed E-state index contributed by atoms with van der Waals surface area (Å²) >= 11 is 0. The molecular formula is C15H18N2O2. The third-order valence-electron chi connectivity index (χ3n) is 4.35. The van der Waals surface area contributed by atoms with Gasteiger partial charge in [0.25, 0.3) is 0 Å². The number of fused-ring (bicyclic) bond motifs is 1. The van der Waals surface area contributed by atoms with Crippen LogP contribution in [0.2, 0.25) is 0 Å². The molecule has 0 radical (unpaired) electrons. The van der Waals surface area contributed by atoms with E-state index in [-0.39, 0.29) is 5.92 Å². The quantitative estimate of drug-likeness (QED) is 0.774. The molecule has 4 heteroatoms. The highest BCUT2D eigenvalue weighted by Crippen LogP contribution is 2.42. The van der Waals surface area contributed by atoms with Gasteiger partial charge in [-0.1, -0.05) is 31.0 Å². The van der Waals surface area contributed by atoms with E-state index in [1.165, 1.54) is 0 Å². The fraction of sp³-hybridized carbons (Fsp3) is 0.400. The molecule has 1 aliphatic carbocycles. The van der Waals surface area contributed by atoms with E-state index in [1.807, 2.05) is 30.5 Å².